The Hall–Kier alpha value is -1.85. The Morgan fingerprint density at radius 2 is 1.82 bits per heavy atom. The molecule has 2 aromatic carbocycles. The number of hydrogen-bond donors (Lipinski definition) is 0. The molecule has 22 heavy (non-hydrogen) atoms. The Labute approximate surface area is 134 Å². The van der Waals surface area contributed by atoms with Crippen LogP contribution in [0.5, 0.6) is 0 Å². The van der Waals surface area contributed by atoms with Crippen LogP contribution >= 0.6 is 11.6 Å². The summed E-state index contributed by atoms with van der Waals surface area (Å²) in [5, 5.41) is 1.87. The molecule has 0 atom stereocenters. The van der Waals surface area contributed by atoms with Gasteiger partial charge in [-0.05, 0) is 19.1 Å². The number of halogens is 1. The minimum Gasteiger partial charge on any atom is -0.238 e. The molecule has 0 fully saturated rings. The summed E-state index contributed by atoms with van der Waals surface area (Å²) in [5.41, 5.74) is 0.679. The van der Waals surface area contributed by atoms with E-state index in [9.17, 15) is 8.42 Å². The summed E-state index contributed by atoms with van der Waals surface area (Å²) in [6, 6.07) is 10.4. The van der Waals surface area contributed by atoms with Crippen LogP contribution in [0.25, 0.3) is 10.8 Å². The van der Waals surface area contributed by atoms with Crippen molar-refractivity contribution in [3.8, 4) is 0 Å². The summed E-state index contributed by atoms with van der Waals surface area (Å²) >= 11 is 6.17. The fourth-order valence-electron chi connectivity index (χ4n) is 2.53. The maximum atomic E-state index is 13.0. The Kier molecular flexibility index (Phi) is 3.70. The lowest BCUT2D eigenvalue weighted by atomic mass is 10.1. The summed E-state index contributed by atoms with van der Waals surface area (Å²) in [5.74, 6) is 0.525. The summed E-state index contributed by atoms with van der Waals surface area (Å²) in [4.78, 5) is 4.51. The lowest BCUT2D eigenvalue weighted by molar-refractivity contribution is 0.585. The zero-order valence-electron chi connectivity index (χ0n) is 12.2. The molecular weight excluding hydrogens is 320 g/mol. The number of hydrogen-bond acceptors (Lipinski definition) is 3. The second-order valence-electron chi connectivity index (χ2n) is 5.04. The van der Waals surface area contributed by atoms with Crippen LogP contribution in [0, 0.1) is 6.92 Å². The van der Waals surface area contributed by atoms with E-state index in [0.717, 1.165) is 5.39 Å². The molecule has 3 rings (SSSR count). The van der Waals surface area contributed by atoms with E-state index in [-0.39, 0.29) is 4.90 Å². The van der Waals surface area contributed by atoms with Crippen LogP contribution in [0.15, 0.2) is 47.5 Å². The number of benzene rings is 2. The predicted octanol–water partition coefficient (Wildman–Crippen LogP) is 3.80. The molecule has 0 spiro atoms. The minimum absolute atomic E-state index is 0.236. The van der Waals surface area contributed by atoms with Gasteiger partial charge in [0.1, 0.15) is 5.82 Å². The topological polar surface area (TPSA) is 52.0 Å². The average Bonchev–Trinajstić information content (AvgIpc) is 2.89. The SMILES string of the molecule is CCc1nc(C)cn1S(=O)(=O)c1ccc(Cl)c2ccccc12. The van der Waals surface area contributed by atoms with Gasteiger partial charge in [0.15, 0.2) is 0 Å². The van der Waals surface area contributed by atoms with Gasteiger partial charge in [0.05, 0.1) is 10.6 Å². The van der Waals surface area contributed by atoms with Crippen LogP contribution < -0.4 is 0 Å². The van der Waals surface area contributed by atoms with Crippen molar-refractivity contribution < 1.29 is 8.42 Å². The van der Waals surface area contributed by atoms with Gasteiger partial charge < -0.3 is 0 Å². The van der Waals surface area contributed by atoms with Crippen molar-refractivity contribution in [2.24, 2.45) is 0 Å². The van der Waals surface area contributed by atoms with E-state index in [1.54, 1.807) is 37.4 Å². The number of imidazole rings is 1. The maximum Gasteiger partial charge on any atom is 0.269 e. The Morgan fingerprint density at radius 3 is 2.50 bits per heavy atom. The van der Waals surface area contributed by atoms with Crippen molar-refractivity contribution in [2.45, 2.75) is 25.2 Å². The summed E-state index contributed by atoms with van der Waals surface area (Å²) in [6.45, 7) is 3.67. The molecule has 114 valence electrons. The molecule has 0 aliphatic heterocycles. The van der Waals surface area contributed by atoms with Crippen LogP contribution in [0.4, 0.5) is 0 Å². The molecule has 4 nitrogen and oxygen atoms in total. The van der Waals surface area contributed by atoms with Crippen LogP contribution in [0.3, 0.4) is 0 Å². The van der Waals surface area contributed by atoms with Crippen molar-refractivity contribution in [3.05, 3.63) is 59.1 Å². The summed E-state index contributed by atoms with van der Waals surface area (Å²) < 4.78 is 27.3. The first-order valence-electron chi connectivity index (χ1n) is 6.93. The molecule has 0 saturated carbocycles. The zero-order chi connectivity index (χ0) is 15.9. The second kappa shape index (κ2) is 5.41. The van der Waals surface area contributed by atoms with Gasteiger partial charge in [-0.1, -0.05) is 42.8 Å². The van der Waals surface area contributed by atoms with E-state index >= 15 is 0 Å². The van der Waals surface area contributed by atoms with Gasteiger partial charge in [-0.3, -0.25) is 0 Å². The van der Waals surface area contributed by atoms with Crippen molar-refractivity contribution in [1.29, 1.82) is 0 Å². The highest BCUT2D eigenvalue weighted by molar-refractivity contribution is 7.90. The Bertz CT molecular complexity index is 961. The van der Waals surface area contributed by atoms with E-state index in [2.05, 4.69) is 4.98 Å². The standard InChI is InChI=1S/C16H15ClN2O2S/c1-3-16-18-11(2)10-19(16)22(20,21)15-9-8-14(17)12-6-4-5-7-13(12)15/h4-10H,3H2,1-2H3. The molecule has 3 aromatic rings. The third-order valence-electron chi connectivity index (χ3n) is 3.55. The molecule has 1 aromatic heterocycles. The molecule has 0 saturated heterocycles. The summed E-state index contributed by atoms with van der Waals surface area (Å²) in [6.07, 6.45) is 2.09. The Morgan fingerprint density at radius 1 is 1.14 bits per heavy atom. The van der Waals surface area contributed by atoms with Gasteiger partial charge >= 0.3 is 0 Å². The summed E-state index contributed by atoms with van der Waals surface area (Å²) in [7, 11) is -3.71. The largest absolute Gasteiger partial charge is 0.269 e. The fraction of sp³-hybridized carbons (Fsp3) is 0.188. The third-order valence-corrected chi connectivity index (χ3v) is 5.62. The van der Waals surface area contributed by atoms with Crippen LogP contribution in [-0.4, -0.2) is 17.4 Å². The van der Waals surface area contributed by atoms with E-state index in [1.807, 2.05) is 19.1 Å². The highest BCUT2D eigenvalue weighted by Crippen LogP contribution is 2.30. The first kappa shape index (κ1) is 15.1. The average molecular weight is 335 g/mol. The van der Waals surface area contributed by atoms with Crippen LogP contribution in [0.1, 0.15) is 18.4 Å². The van der Waals surface area contributed by atoms with Gasteiger partial charge in [0, 0.05) is 28.4 Å². The van der Waals surface area contributed by atoms with Gasteiger partial charge in [0.25, 0.3) is 10.0 Å². The third kappa shape index (κ3) is 2.30. The van der Waals surface area contributed by atoms with Gasteiger partial charge in [-0.25, -0.2) is 17.4 Å². The molecule has 6 heteroatoms. The van der Waals surface area contributed by atoms with Crippen LogP contribution in [-0.2, 0) is 16.4 Å². The molecular formula is C16H15ClN2O2S. The second-order valence-corrected chi connectivity index (χ2v) is 7.23. The van der Waals surface area contributed by atoms with Gasteiger partial charge in [-0.15, -0.1) is 0 Å². The number of rotatable bonds is 3. The van der Waals surface area contributed by atoms with E-state index in [0.29, 0.717) is 28.3 Å². The normalized spacial score (nSPS) is 12.0. The first-order valence-corrected chi connectivity index (χ1v) is 8.74. The number of aromatic nitrogens is 2. The maximum absolute atomic E-state index is 13.0. The van der Waals surface area contributed by atoms with Crippen molar-refractivity contribution >= 4 is 32.4 Å². The smallest absolute Gasteiger partial charge is 0.238 e. The van der Waals surface area contributed by atoms with E-state index in [1.165, 1.54) is 3.97 Å². The molecule has 0 bridgehead atoms. The Balaban J connectivity index is 2.33. The zero-order valence-corrected chi connectivity index (χ0v) is 13.8. The molecule has 0 radical (unpaired) electrons. The number of nitrogens with zero attached hydrogens (tertiary/aromatic N) is 2. The molecule has 0 N–H and O–H groups in total. The van der Waals surface area contributed by atoms with Crippen molar-refractivity contribution in [3.63, 3.8) is 0 Å². The van der Waals surface area contributed by atoms with Gasteiger partial charge in [-0.2, -0.15) is 0 Å². The quantitative estimate of drug-likeness (QED) is 0.732. The van der Waals surface area contributed by atoms with Crippen molar-refractivity contribution in [1.82, 2.24) is 8.96 Å². The van der Waals surface area contributed by atoms with Crippen LogP contribution in [0.2, 0.25) is 5.02 Å². The highest BCUT2D eigenvalue weighted by Gasteiger charge is 2.23. The molecule has 1 heterocycles. The monoisotopic (exact) mass is 334 g/mol. The lowest BCUT2D eigenvalue weighted by Gasteiger charge is -2.11. The van der Waals surface area contributed by atoms with E-state index in [4.69, 9.17) is 11.6 Å². The first-order chi connectivity index (χ1) is 10.4. The molecule has 0 unspecified atom stereocenters. The number of fused-ring (bicyclic) bond motifs is 1. The minimum atomic E-state index is -3.71. The number of aryl methyl sites for hydroxylation is 2. The predicted molar refractivity (Wildman–Crippen MR) is 87.9 cm³/mol. The lowest BCUT2D eigenvalue weighted by Crippen LogP contribution is -2.15. The van der Waals surface area contributed by atoms with Crippen molar-refractivity contribution in [2.75, 3.05) is 0 Å². The molecule has 0 aliphatic carbocycles. The molecule has 0 aliphatic rings. The molecule has 0 amide bonds. The van der Waals surface area contributed by atoms with E-state index < -0.39 is 10.0 Å². The van der Waals surface area contributed by atoms with Gasteiger partial charge in [0.2, 0.25) is 0 Å². The highest BCUT2D eigenvalue weighted by atomic mass is 35.5. The fourth-order valence-corrected chi connectivity index (χ4v) is 4.41.